The number of alkyl carbamates (subject to hydrolysis) is 1. The Kier molecular flexibility index (Phi) is 7.55. The van der Waals surface area contributed by atoms with Gasteiger partial charge in [-0.15, -0.1) is 11.3 Å². The highest BCUT2D eigenvalue weighted by molar-refractivity contribution is 7.10. The number of carbonyl (C=O) groups is 1. The topological polar surface area (TPSA) is 54.5 Å². The smallest absolute Gasteiger partial charge is 0.409 e. The van der Waals surface area contributed by atoms with E-state index < -0.39 is 17.9 Å². The molecular formula is C24H33F2N3O2S. The summed E-state index contributed by atoms with van der Waals surface area (Å²) in [4.78, 5) is 19.6. The summed E-state index contributed by atoms with van der Waals surface area (Å²) in [7, 11) is 0. The third kappa shape index (κ3) is 5.64. The van der Waals surface area contributed by atoms with E-state index in [1.807, 2.05) is 19.2 Å². The SMILES string of the molecule is Cc1ccc(C(C)(C)N2CCC(CCc3ccc(F)s3)([C@@H](F)OC(=O)NC(C)C)C2)cn1. The molecule has 0 bridgehead atoms. The van der Waals surface area contributed by atoms with E-state index in [0.29, 0.717) is 32.4 Å². The highest BCUT2D eigenvalue weighted by atomic mass is 32.1. The van der Waals surface area contributed by atoms with Crippen LogP contribution in [0.4, 0.5) is 13.6 Å². The maximum atomic E-state index is 15.6. The first-order chi connectivity index (χ1) is 15.0. The molecule has 1 unspecified atom stereocenters. The molecular weight excluding hydrogens is 432 g/mol. The minimum Gasteiger partial charge on any atom is -0.414 e. The molecule has 32 heavy (non-hydrogen) atoms. The van der Waals surface area contributed by atoms with Crippen LogP contribution in [0.15, 0.2) is 30.5 Å². The van der Waals surface area contributed by atoms with Crippen molar-refractivity contribution in [2.75, 3.05) is 13.1 Å². The van der Waals surface area contributed by atoms with Gasteiger partial charge < -0.3 is 10.1 Å². The van der Waals surface area contributed by atoms with Crippen molar-refractivity contribution >= 4 is 17.4 Å². The minimum atomic E-state index is -1.76. The lowest BCUT2D eigenvalue weighted by atomic mass is 9.81. The molecule has 8 heteroatoms. The van der Waals surface area contributed by atoms with Crippen LogP contribution in [0, 0.1) is 17.5 Å². The van der Waals surface area contributed by atoms with E-state index in [2.05, 4.69) is 35.1 Å². The van der Waals surface area contributed by atoms with Crippen LogP contribution in [0.3, 0.4) is 0 Å². The molecule has 0 radical (unpaired) electrons. The fourth-order valence-corrected chi connectivity index (χ4v) is 4.96. The molecule has 1 amide bonds. The molecule has 2 atom stereocenters. The van der Waals surface area contributed by atoms with E-state index in [1.165, 1.54) is 6.07 Å². The zero-order valence-electron chi connectivity index (χ0n) is 19.5. The Morgan fingerprint density at radius 2 is 2.09 bits per heavy atom. The van der Waals surface area contributed by atoms with Crippen molar-refractivity contribution in [3.05, 3.63) is 51.7 Å². The monoisotopic (exact) mass is 465 g/mol. The van der Waals surface area contributed by atoms with E-state index in [1.54, 1.807) is 19.9 Å². The zero-order chi connectivity index (χ0) is 23.5. The number of nitrogens with zero attached hydrogens (tertiary/aromatic N) is 2. The van der Waals surface area contributed by atoms with Crippen LogP contribution >= 0.6 is 11.3 Å². The molecule has 1 fully saturated rings. The third-order valence-corrected chi connectivity index (χ3v) is 7.32. The standard InChI is InChI=1S/C24H33F2N3O2S/c1-16(2)28-22(30)31-21(26)24(11-10-19-8-9-20(25)32-19)12-13-29(15-24)23(4,5)18-7-6-17(3)27-14-18/h6-9,14,16,21H,10-13,15H2,1-5H3,(H,28,30)/t21-,24?/m0/s1. The number of hydrogen-bond donors (Lipinski definition) is 1. The highest BCUT2D eigenvalue weighted by Gasteiger charge is 2.50. The maximum Gasteiger partial charge on any atom is 0.409 e. The van der Waals surface area contributed by atoms with Gasteiger partial charge in [0.1, 0.15) is 0 Å². The number of amides is 1. The zero-order valence-corrected chi connectivity index (χ0v) is 20.3. The van der Waals surface area contributed by atoms with Crippen molar-refractivity contribution in [2.45, 2.75) is 71.8 Å². The van der Waals surface area contributed by atoms with Crippen LogP contribution in [0.5, 0.6) is 0 Å². The van der Waals surface area contributed by atoms with Crippen molar-refractivity contribution < 1.29 is 18.3 Å². The van der Waals surface area contributed by atoms with Crippen molar-refractivity contribution in [1.29, 1.82) is 0 Å². The van der Waals surface area contributed by atoms with Gasteiger partial charge in [0.15, 0.2) is 5.13 Å². The molecule has 3 heterocycles. The fourth-order valence-electron chi connectivity index (χ4n) is 4.24. The fraction of sp³-hybridized carbons (Fsp3) is 0.583. The van der Waals surface area contributed by atoms with Crippen molar-refractivity contribution in [2.24, 2.45) is 5.41 Å². The van der Waals surface area contributed by atoms with Crippen LogP contribution in [0.2, 0.25) is 0 Å². The number of carbonyl (C=O) groups excluding carboxylic acids is 1. The number of ether oxygens (including phenoxy) is 1. The lowest BCUT2D eigenvalue weighted by Gasteiger charge is -2.38. The summed E-state index contributed by atoms with van der Waals surface area (Å²) < 4.78 is 34.3. The Morgan fingerprint density at radius 1 is 1.34 bits per heavy atom. The van der Waals surface area contributed by atoms with Gasteiger partial charge >= 0.3 is 6.09 Å². The molecule has 1 saturated heterocycles. The number of alkyl halides is 1. The number of hydrogen-bond acceptors (Lipinski definition) is 5. The van der Waals surface area contributed by atoms with Gasteiger partial charge in [-0.05, 0) is 84.2 Å². The summed E-state index contributed by atoms with van der Waals surface area (Å²) in [5.41, 5.74) is 0.756. The second-order valence-electron chi connectivity index (χ2n) is 9.51. The summed E-state index contributed by atoms with van der Waals surface area (Å²) in [6.07, 6.45) is 0.882. The van der Waals surface area contributed by atoms with Gasteiger partial charge in [-0.3, -0.25) is 9.88 Å². The van der Waals surface area contributed by atoms with E-state index in [-0.39, 0.29) is 16.7 Å². The van der Waals surface area contributed by atoms with Gasteiger partial charge in [-0.1, -0.05) is 6.07 Å². The Bertz CT molecular complexity index is 916. The van der Waals surface area contributed by atoms with Crippen LogP contribution in [-0.2, 0) is 16.7 Å². The van der Waals surface area contributed by atoms with Gasteiger partial charge in [-0.2, -0.15) is 4.39 Å². The van der Waals surface area contributed by atoms with Gasteiger partial charge in [0.05, 0.1) is 5.41 Å². The Morgan fingerprint density at radius 3 is 2.69 bits per heavy atom. The van der Waals surface area contributed by atoms with Gasteiger partial charge in [0.2, 0.25) is 6.36 Å². The lowest BCUT2D eigenvalue weighted by Crippen LogP contribution is -2.45. The quantitative estimate of drug-likeness (QED) is 0.553. The van der Waals surface area contributed by atoms with Crippen molar-refractivity contribution in [3.8, 4) is 0 Å². The molecule has 1 aliphatic heterocycles. The molecule has 2 aromatic rings. The molecule has 5 nitrogen and oxygen atoms in total. The molecule has 3 rings (SSSR count). The van der Waals surface area contributed by atoms with E-state index in [4.69, 9.17) is 4.74 Å². The number of pyridine rings is 1. The number of halogens is 2. The number of likely N-dealkylation sites (tertiary alicyclic amines) is 1. The van der Waals surface area contributed by atoms with Crippen LogP contribution in [-0.4, -0.2) is 41.5 Å². The molecule has 0 aromatic carbocycles. The van der Waals surface area contributed by atoms with Crippen LogP contribution < -0.4 is 5.32 Å². The normalized spacial score (nSPS) is 20.5. The van der Waals surface area contributed by atoms with Crippen LogP contribution in [0.1, 0.15) is 56.7 Å². The lowest BCUT2D eigenvalue weighted by molar-refractivity contribution is -0.0842. The van der Waals surface area contributed by atoms with E-state index >= 15 is 4.39 Å². The Labute approximate surface area is 193 Å². The second kappa shape index (κ2) is 9.83. The minimum absolute atomic E-state index is 0.146. The van der Waals surface area contributed by atoms with Gasteiger partial charge in [-0.25, -0.2) is 9.18 Å². The number of rotatable bonds is 8. The molecule has 1 aliphatic rings. The van der Waals surface area contributed by atoms with E-state index in [9.17, 15) is 9.18 Å². The predicted octanol–water partition coefficient (Wildman–Crippen LogP) is 5.58. The van der Waals surface area contributed by atoms with E-state index in [0.717, 1.165) is 27.5 Å². The number of nitrogens with one attached hydrogen (secondary N) is 1. The highest BCUT2D eigenvalue weighted by Crippen LogP contribution is 2.45. The van der Waals surface area contributed by atoms with Crippen molar-refractivity contribution in [3.63, 3.8) is 0 Å². The molecule has 1 N–H and O–H groups in total. The molecule has 0 spiro atoms. The predicted molar refractivity (Wildman–Crippen MR) is 123 cm³/mol. The first kappa shape index (κ1) is 24.6. The summed E-state index contributed by atoms with van der Waals surface area (Å²) in [6, 6.07) is 7.05. The summed E-state index contributed by atoms with van der Waals surface area (Å²) in [5.74, 6) is 0. The molecule has 0 aliphatic carbocycles. The summed E-state index contributed by atoms with van der Waals surface area (Å²) in [5, 5.41) is 2.34. The average Bonchev–Trinajstić information content (AvgIpc) is 3.33. The number of thiophene rings is 1. The largest absolute Gasteiger partial charge is 0.414 e. The number of aromatic nitrogens is 1. The molecule has 176 valence electrons. The summed E-state index contributed by atoms with van der Waals surface area (Å²) >= 11 is 1.08. The van der Waals surface area contributed by atoms with Crippen molar-refractivity contribution in [1.82, 2.24) is 15.2 Å². The molecule has 2 aromatic heterocycles. The first-order valence-electron chi connectivity index (χ1n) is 11.1. The first-order valence-corrected chi connectivity index (χ1v) is 11.9. The number of aryl methyl sites for hydroxylation is 2. The van der Waals surface area contributed by atoms with Crippen LogP contribution in [0.25, 0.3) is 0 Å². The second-order valence-corrected chi connectivity index (χ2v) is 10.6. The summed E-state index contributed by atoms with van der Waals surface area (Å²) in [6.45, 7) is 10.8. The maximum absolute atomic E-state index is 15.6. The van der Waals surface area contributed by atoms with Gasteiger partial charge in [0.25, 0.3) is 0 Å². The average molecular weight is 466 g/mol. The third-order valence-electron chi connectivity index (χ3n) is 6.39. The Hall–Kier alpha value is -2.06. The molecule has 0 saturated carbocycles. The Balaban J connectivity index is 1.80. The van der Waals surface area contributed by atoms with Gasteiger partial charge in [0, 0.05) is 34.9 Å².